The van der Waals surface area contributed by atoms with Gasteiger partial charge in [0.25, 0.3) is 11.5 Å². The maximum Gasteiger partial charge on any atom is 0.331 e. The molecule has 0 bridgehead atoms. The van der Waals surface area contributed by atoms with Gasteiger partial charge in [0.05, 0.1) is 22.2 Å². The van der Waals surface area contributed by atoms with E-state index < -0.39 is 11.6 Å². The third kappa shape index (κ3) is 5.06. The van der Waals surface area contributed by atoms with Crippen LogP contribution in [0.3, 0.4) is 0 Å². The Hall–Kier alpha value is -4.46. The first-order valence-corrected chi connectivity index (χ1v) is 11.3. The molecule has 3 aromatic carbocycles. The van der Waals surface area contributed by atoms with Crippen molar-refractivity contribution >= 4 is 28.4 Å². The molecule has 4 rings (SSSR count). The highest BCUT2D eigenvalue weighted by atomic mass is 16.2. The van der Waals surface area contributed by atoms with Crippen molar-refractivity contribution in [2.45, 2.75) is 33.5 Å². The molecule has 178 valence electrons. The number of aryl methyl sites for hydroxylation is 1. The van der Waals surface area contributed by atoms with Gasteiger partial charge >= 0.3 is 5.69 Å². The number of fused-ring (bicyclic) bond motifs is 1. The van der Waals surface area contributed by atoms with Gasteiger partial charge in [0.15, 0.2) is 0 Å². The largest absolute Gasteiger partial charge is 0.348 e. The zero-order valence-corrected chi connectivity index (χ0v) is 19.6. The minimum atomic E-state index is -0.560. The molecule has 2 amide bonds. The number of rotatable bonds is 7. The molecule has 0 atom stereocenters. The topological polar surface area (TPSA) is 102 Å². The van der Waals surface area contributed by atoms with Crippen LogP contribution in [0.2, 0.25) is 0 Å². The lowest BCUT2D eigenvalue weighted by Crippen LogP contribution is -2.41. The summed E-state index contributed by atoms with van der Waals surface area (Å²) >= 11 is 0. The fraction of sp³-hybridized carbons (Fsp3) is 0.185. The number of aromatic nitrogens is 2. The van der Waals surface area contributed by atoms with Crippen LogP contribution in [0.15, 0.2) is 82.4 Å². The molecular weight excluding hydrogens is 444 g/mol. The molecule has 0 aliphatic carbocycles. The molecule has 0 fully saturated rings. The fourth-order valence-corrected chi connectivity index (χ4v) is 3.91. The summed E-state index contributed by atoms with van der Waals surface area (Å²) in [5.41, 5.74) is 2.17. The van der Waals surface area contributed by atoms with Gasteiger partial charge in [-0.2, -0.15) is 0 Å². The lowest BCUT2D eigenvalue weighted by molar-refractivity contribution is -0.116. The summed E-state index contributed by atoms with van der Waals surface area (Å²) in [6.07, 6.45) is 0. The molecule has 0 saturated heterocycles. The van der Waals surface area contributed by atoms with Gasteiger partial charge in [0, 0.05) is 13.1 Å². The van der Waals surface area contributed by atoms with Crippen LogP contribution in [0.1, 0.15) is 28.4 Å². The van der Waals surface area contributed by atoms with Crippen molar-refractivity contribution in [2.24, 2.45) is 0 Å². The Balaban J connectivity index is 1.55. The van der Waals surface area contributed by atoms with Crippen LogP contribution in [-0.2, 0) is 24.4 Å². The number of hydrogen-bond donors (Lipinski definition) is 2. The van der Waals surface area contributed by atoms with Crippen LogP contribution in [0, 0.1) is 6.92 Å². The number of amides is 2. The quantitative estimate of drug-likeness (QED) is 0.433. The minimum absolute atomic E-state index is 0.189. The van der Waals surface area contributed by atoms with E-state index in [1.165, 1.54) is 4.57 Å². The summed E-state index contributed by atoms with van der Waals surface area (Å²) in [6, 6.07) is 21.2. The van der Waals surface area contributed by atoms with E-state index in [-0.39, 0.29) is 24.6 Å². The lowest BCUT2D eigenvalue weighted by atomic mass is 10.1. The molecule has 2 N–H and O–H groups in total. The number of carbonyl (C=O) groups is 2. The summed E-state index contributed by atoms with van der Waals surface area (Å²) in [6.45, 7) is 3.93. The van der Waals surface area contributed by atoms with Gasteiger partial charge in [0.1, 0.15) is 6.54 Å². The molecule has 0 aliphatic rings. The number of hydrogen-bond acceptors (Lipinski definition) is 4. The molecule has 8 nitrogen and oxygen atoms in total. The van der Waals surface area contributed by atoms with E-state index in [4.69, 9.17) is 0 Å². The van der Waals surface area contributed by atoms with E-state index in [0.717, 1.165) is 15.7 Å². The first-order chi connectivity index (χ1) is 16.9. The molecule has 35 heavy (non-hydrogen) atoms. The predicted octanol–water partition coefficient (Wildman–Crippen LogP) is 3.06. The molecule has 0 radical (unpaired) electrons. The van der Waals surface area contributed by atoms with E-state index >= 15 is 0 Å². The van der Waals surface area contributed by atoms with Crippen LogP contribution in [-0.4, -0.2) is 20.9 Å². The van der Waals surface area contributed by atoms with Crippen molar-refractivity contribution in [1.82, 2.24) is 14.5 Å². The summed E-state index contributed by atoms with van der Waals surface area (Å²) in [4.78, 5) is 51.3. The first-order valence-electron chi connectivity index (χ1n) is 11.3. The van der Waals surface area contributed by atoms with Crippen LogP contribution in [0.5, 0.6) is 0 Å². The highest BCUT2D eigenvalue weighted by molar-refractivity contribution is 6.03. The van der Waals surface area contributed by atoms with Crippen molar-refractivity contribution < 1.29 is 9.59 Å². The molecule has 0 unspecified atom stereocenters. The standard InChI is InChI=1S/C27H26N4O4/c1-3-30-26(34)21-9-5-7-11-23(21)31(27(30)35)17-24(32)29-22-10-6-4-8-20(22)25(33)28-16-19-14-12-18(2)13-15-19/h4-15H,3,16-17H2,1-2H3,(H,28,33)(H,29,32). The molecule has 8 heteroatoms. The number of anilines is 1. The zero-order valence-electron chi connectivity index (χ0n) is 19.6. The molecule has 0 aliphatic heterocycles. The van der Waals surface area contributed by atoms with E-state index in [1.54, 1.807) is 55.5 Å². The number of nitrogens with zero attached hydrogens (tertiary/aromatic N) is 2. The van der Waals surface area contributed by atoms with Gasteiger partial charge in [0.2, 0.25) is 5.91 Å². The average molecular weight is 471 g/mol. The van der Waals surface area contributed by atoms with Gasteiger partial charge in [-0.05, 0) is 43.7 Å². The van der Waals surface area contributed by atoms with Crippen molar-refractivity contribution in [2.75, 3.05) is 5.32 Å². The van der Waals surface area contributed by atoms with E-state index in [1.807, 2.05) is 31.2 Å². The zero-order chi connectivity index (χ0) is 24.9. The number of nitrogens with one attached hydrogen (secondary N) is 2. The second-order valence-electron chi connectivity index (χ2n) is 8.20. The normalized spacial score (nSPS) is 10.8. The molecule has 4 aromatic rings. The first kappa shape index (κ1) is 23.7. The van der Waals surface area contributed by atoms with Gasteiger partial charge in [-0.15, -0.1) is 0 Å². The van der Waals surface area contributed by atoms with Crippen LogP contribution in [0.4, 0.5) is 5.69 Å². The van der Waals surface area contributed by atoms with Crippen LogP contribution >= 0.6 is 0 Å². The smallest absolute Gasteiger partial charge is 0.331 e. The predicted molar refractivity (Wildman–Crippen MR) is 136 cm³/mol. The highest BCUT2D eigenvalue weighted by Crippen LogP contribution is 2.16. The van der Waals surface area contributed by atoms with Crippen molar-refractivity contribution in [3.05, 3.63) is 110 Å². The van der Waals surface area contributed by atoms with Crippen LogP contribution < -0.4 is 21.9 Å². The summed E-state index contributed by atoms with van der Waals surface area (Å²) in [7, 11) is 0. The van der Waals surface area contributed by atoms with Gasteiger partial charge < -0.3 is 10.6 Å². The number of benzene rings is 3. The monoisotopic (exact) mass is 470 g/mol. The summed E-state index contributed by atoms with van der Waals surface area (Å²) < 4.78 is 2.37. The molecule has 1 heterocycles. The Bertz CT molecular complexity index is 1520. The average Bonchev–Trinajstić information content (AvgIpc) is 2.87. The van der Waals surface area contributed by atoms with E-state index in [9.17, 15) is 19.2 Å². The Morgan fingerprint density at radius 1 is 0.857 bits per heavy atom. The summed E-state index contributed by atoms with van der Waals surface area (Å²) in [5, 5.41) is 5.97. The maximum absolute atomic E-state index is 13.0. The van der Waals surface area contributed by atoms with Gasteiger partial charge in [-0.25, -0.2) is 4.79 Å². The second kappa shape index (κ2) is 10.2. The maximum atomic E-state index is 13.0. The number of carbonyl (C=O) groups excluding carboxylic acids is 2. The molecule has 1 aromatic heterocycles. The Labute approximate surface area is 201 Å². The molecule has 0 spiro atoms. The van der Waals surface area contributed by atoms with Crippen molar-refractivity contribution in [3.63, 3.8) is 0 Å². The van der Waals surface area contributed by atoms with Gasteiger partial charge in [-0.1, -0.05) is 54.1 Å². The lowest BCUT2D eigenvalue weighted by Gasteiger charge is -2.15. The SMILES string of the molecule is CCn1c(=O)c2ccccc2n(CC(=O)Nc2ccccc2C(=O)NCc2ccc(C)cc2)c1=O. The molecular formula is C27H26N4O4. The third-order valence-corrected chi connectivity index (χ3v) is 5.77. The van der Waals surface area contributed by atoms with E-state index in [0.29, 0.717) is 28.7 Å². The molecule has 0 saturated carbocycles. The van der Waals surface area contributed by atoms with E-state index in [2.05, 4.69) is 10.6 Å². The Kier molecular flexibility index (Phi) is 6.91. The van der Waals surface area contributed by atoms with Crippen molar-refractivity contribution in [1.29, 1.82) is 0 Å². The van der Waals surface area contributed by atoms with Crippen molar-refractivity contribution in [3.8, 4) is 0 Å². The summed E-state index contributed by atoms with van der Waals surface area (Å²) in [5.74, 6) is -0.819. The Morgan fingerprint density at radius 2 is 1.54 bits per heavy atom. The Morgan fingerprint density at radius 3 is 2.29 bits per heavy atom. The second-order valence-corrected chi connectivity index (χ2v) is 8.20. The van der Waals surface area contributed by atoms with Crippen LogP contribution in [0.25, 0.3) is 10.9 Å². The number of para-hydroxylation sites is 2. The fourth-order valence-electron chi connectivity index (χ4n) is 3.91. The third-order valence-electron chi connectivity index (χ3n) is 5.77. The van der Waals surface area contributed by atoms with Gasteiger partial charge in [-0.3, -0.25) is 23.5 Å². The highest BCUT2D eigenvalue weighted by Gasteiger charge is 2.17. The minimum Gasteiger partial charge on any atom is -0.348 e.